The van der Waals surface area contributed by atoms with Gasteiger partial charge in [0, 0.05) is 26.9 Å². The highest BCUT2D eigenvalue weighted by Crippen LogP contribution is 2.37. The first-order valence-corrected chi connectivity index (χ1v) is 20.9. The number of nitrogens with zero attached hydrogens (tertiary/aromatic N) is 5. The van der Waals surface area contributed by atoms with E-state index in [2.05, 4.69) is 30.4 Å². The van der Waals surface area contributed by atoms with Gasteiger partial charge in [-0.3, -0.25) is 9.52 Å². The van der Waals surface area contributed by atoms with Crippen LogP contribution >= 0.6 is 80.7 Å². The molecule has 6 rings (SSSR count). The molecule has 2 aromatic heterocycles. The average Bonchev–Trinajstić information content (AvgIpc) is 3.75. The Morgan fingerprint density at radius 3 is 2.10 bits per heavy atom. The van der Waals surface area contributed by atoms with Crippen LogP contribution in [0.5, 0.6) is 0 Å². The molecule has 2 N–H and O–H groups in total. The molecule has 0 aliphatic heterocycles. The number of benzene rings is 4. The molecule has 1 amide bonds. The van der Waals surface area contributed by atoms with Crippen LogP contribution in [0, 0.1) is 6.92 Å². The number of anilines is 3. The van der Waals surface area contributed by atoms with Crippen molar-refractivity contribution < 1.29 is 21.6 Å². The lowest BCUT2D eigenvalue weighted by molar-refractivity contribution is -0.114. The van der Waals surface area contributed by atoms with E-state index in [9.17, 15) is 21.6 Å². The molecule has 0 spiro atoms. The molecule has 21 heteroatoms. The molecule has 0 saturated carbocycles. The number of hydrogen-bond acceptors (Lipinski definition) is 11. The van der Waals surface area contributed by atoms with Gasteiger partial charge in [-0.25, -0.2) is 21.1 Å². The van der Waals surface area contributed by atoms with E-state index in [0.29, 0.717) is 37.4 Å². The van der Waals surface area contributed by atoms with E-state index in [1.165, 1.54) is 24.3 Å². The summed E-state index contributed by atoms with van der Waals surface area (Å²) in [5.74, 6) is -0.683. The molecule has 2 heterocycles. The molecule has 6 aromatic rings. The van der Waals surface area contributed by atoms with Crippen LogP contribution in [0.3, 0.4) is 0 Å². The Hall–Kier alpha value is -3.58. The van der Waals surface area contributed by atoms with Gasteiger partial charge in [0.1, 0.15) is 16.4 Å². The minimum absolute atomic E-state index is 0.0555. The first kappa shape index (κ1) is 38.2. The number of hydrogen-bond donors (Lipinski definition) is 2. The van der Waals surface area contributed by atoms with E-state index in [0.717, 1.165) is 27.0 Å². The maximum atomic E-state index is 14.1. The van der Waals surface area contributed by atoms with Crippen molar-refractivity contribution >= 4 is 123 Å². The summed E-state index contributed by atoms with van der Waals surface area (Å²) >= 11 is 32.6. The van der Waals surface area contributed by atoms with Gasteiger partial charge in [-0.1, -0.05) is 105 Å². The third kappa shape index (κ3) is 8.15. The Morgan fingerprint density at radius 1 is 0.750 bits per heavy atom. The van der Waals surface area contributed by atoms with Crippen LogP contribution in [0.25, 0.3) is 21.1 Å². The van der Waals surface area contributed by atoms with Crippen LogP contribution in [-0.2, 0) is 24.8 Å². The third-order valence-electron chi connectivity index (χ3n) is 7.10. The standard InChI is InChI=1S/C31H20Cl5N7O5S4/c1-16-21(33)7-4-8-25(16)52(47,48)43(31-41-39-29(50-31)20-5-2-3-6-22(20)34)15-26(44)37-19-11-9-17(10-12-19)28-38-40-30(49-28)42-51(45,46)27-23(35)13-18(32)14-24(27)36/h2-14H,15H2,1H3,(H,37,44)(H,40,42). The van der Waals surface area contributed by atoms with Gasteiger partial charge < -0.3 is 5.32 Å². The molecule has 0 bridgehead atoms. The van der Waals surface area contributed by atoms with Crippen LogP contribution in [0.1, 0.15) is 5.56 Å². The van der Waals surface area contributed by atoms with E-state index in [4.69, 9.17) is 58.0 Å². The summed E-state index contributed by atoms with van der Waals surface area (Å²) in [4.78, 5) is 12.9. The summed E-state index contributed by atoms with van der Waals surface area (Å²) in [5, 5.41) is 19.9. The fraction of sp³-hybridized carbons (Fsp3) is 0.0645. The molecular formula is C31H20Cl5N7O5S4. The quantitative estimate of drug-likeness (QED) is 0.129. The summed E-state index contributed by atoms with van der Waals surface area (Å²) in [6, 6.07) is 20.2. The molecule has 4 aromatic carbocycles. The van der Waals surface area contributed by atoms with Gasteiger partial charge in [-0.05, 0) is 67.1 Å². The van der Waals surface area contributed by atoms with Crippen LogP contribution in [-0.4, -0.2) is 49.7 Å². The Morgan fingerprint density at radius 2 is 1.40 bits per heavy atom. The van der Waals surface area contributed by atoms with Crippen molar-refractivity contribution in [3.05, 3.63) is 110 Å². The van der Waals surface area contributed by atoms with E-state index in [-0.39, 0.29) is 40.1 Å². The molecule has 0 fully saturated rings. The van der Waals surface area contributed by atoms with Crippen molar-refractivity contribution in [1.29, 1.82) is 0 Å². The molecule has 268 valence electrons. The van der Waals surface area contributed by atoms with Gasteiger partial charge in [-0.15, -0.1) is 20.4 Å². The number of sulfonamides is 2. The smallest absolute Gasteiger partial charge is 0.266 e. The minimum atomic E-state index is -4.37. The normalized spacial score (nSPS) is 11.7. The second kappa shape index (κ2) is 15.4. The molecule has 0 aliphatic rings. The van der Waals surface area contributed by atoms with Crippen molar-refractivity contribution in [2.75, 3.05) is 20.9 Å². The Labute approximate surface area is 330 Å². The number of carbonyl (C=O) groups is 1. The first-order chi connectivity index (χ1) is 24.6. The fourth-order valence-corrected chi connectivity index (χ4v) is 11.4. The molecule has 0 atom stereocenters. The Kier molecular flexibility index (Phi) is 11.3. The second-order valence-electron chi connectivity index (χ2n) is 10.6. The molecular weight excluding hydrogens is 856 g/mol. The highest BCUT2D eigenvalue weighted by atomic mass is 35.5. The summed E-state index contributed by atoms with van der Waals surface area (Å²) in [6.45, 7) is 0.903. The van der Waals surface area contributed by atoms with Gasteiger partial charge in [0.05, 0.1) is 20.0 Å². The number of aromatic nitrogens is 4. The van der Waals surface area contributed by atoms with Crippen molar-refractivity contribution in [1.82, 2.24) is 20.4 Å². The van der Waals surface area contributed by atoms with Crippen molar-refractivity contribution in [3.8, 4) is 21.1 Å². The monoisotopic (exact) mass is 873 g/mol. The minimum Gasteiger partial charge on any atom is -0.325 e. The van der Waals surface area contributed by atoms with Crippen LogP contribution in [0.15, 0.2) is 88.7 Å². The Bertz CT molecular complexity index is 2530. The van der Waals surface area contributed by atoms with E-state index in [1.807, 2.05) is 0 Å². The van der Waals surface area contributed by atoms with E-state index in [1.54, 1.807) is 61.5 Å². The van der Waals surface area contributed by atoms with Gasteiger partial charge in [-0.2, -0.15) is 0 Å². The third-order valence-corrected chi connectivity index (χ3v) is 14.3. The van der Waals surface area contributed by atoms with Crippen LogP contribution in [0.2, 0.25) is 25.1 Å². The zero-order valence-electron chi connectivity index (χ0n) is 26.0. The SMILES string of the molecule is Cc1c(Cl)cccc1S(=O)(=O)N(CC(=O)Nc1ccc(-c2nnc(NS(=O)(=O)c3c(Cl)cc(Cl)cc3Cl)s2)cc1)c1nnc(-c2ccccc2Cl)s1. The predicted octanol–water partition coefficient (Wildman–Crippen LogP) is 8.93. The highest BCUT2D eigenvalue weighted by molar-refractivity contribution is 7.93. The molecule has 0 aliphatic carbocycles. The number of rotatable bonds is 11. The molecule has 0 unspecified atom stereocenters. The van der Waals surface area contributed by atoms with Crippen LogP contribution in [0.4, 0.5) is 16.0 Å². The van der Waals surface area contributed by atoms with Gasteiger partial charge in [0.15, 0.2) is 5.01 Å². The lowest BCUT2D eigenvalue weighted by Gasteiger charge is -2.22. The number of nitrogens with one attached hydrogen (secondary N) is 2. The molecule has 0 saturated heterocycles. The lowest BCUT2D eigenvalue weighted by Crippen LogP contribution is -2.38. The summed E-state index contributed by atoms with van der Waals surface area (Å²) in [5.41, 5.74) is 1.72. The van der Waals surface area contributed by atoms with Gasteiger partial charge in [0.2, 0.25) is 16.2 Å². The Balaban J connectivity index is 1.21. The van der Waals surface area contributed by atoms with Gasteiger partial charge >= 0.3 is 0 Å². The molecule has 12 nitrogen and oxygen atoms in total. The predicted molar refractivity (Wildman–Crippen MR) is 207 cm³/mol. The first-order valence-electron chi connectivity index (χ1n) is 14.4. The van der Waals surface area contributed by atoms with Crippen LogP contribution < -0.4 is 14.3 Å². The second-order valence-corrected chi connectivity index (χ2v) is 18.0. The maximum Gasteiger partial charge on any atom is 0.266 e. The zero-order chi connectivity index (χ0) is 37.4. The van der Waals surface area contributed by atoms with Crippen molar-refractivity contribution in [3.63, 3.8) is 0 Å². The summed E-state index contributed by atoms with van der Waals surface area (Å²) in [7, 11) is -8.61. The number of carbonyl (C=O) groups excluding carboxylic acids is 1. The fourth-order valence-electron chi connectivity index (χ4n) is 4.66. The zero-order valence-corrected chi connectivity index (χ0v) is 33.1. The number of amides is 1. The maximum absolute atomic E-state index is 14.1. The van der Waals surface area contributed by atoms with Crippen molar-refractivity contribution in [2.24, 2.45) is 0 Å². The molecule has 0 radical (unpaired) electrons. The highest BCUT2D eigenvalue weighted by Gasteiger charge is 2.32. The summed E-state index contributed by atoms with van der Waals surface area (Å²) < 4.78 is 57.2. The van der Waals surface area contributed by atoms with E-state index >= 15 is 0 Å². The molecule has 52 heavy (non-hydrogen) atoms. The topological polar surface area (TPSA) is 164 Å². The average molecular weight is 876 g/mol. The lowest BCUT2D eigenvalue weighted by atomic mass is 10.2. The number of halogens is 5. The summed E-state index contributed by atoms with van der Waals surface area (Å²) in [6.07, 6.45) is 0. The van der Waals surface area contributed by atoms with E-state index < -0.39 is 32.5 Å². The largest absolute Gasteiger partial charge is 0.325 e. The van der Waals surface area contributed by atoms with Crippen molar-refractivity contribution in [2.45, 2.75) is 16.7 Å². The van der Waals surface area contributed by atoms with Gasteiger partial charge in [0.25, 0.3) is 20.0 Å².